The van der Waals surface area contributed by atoms with Gasteiger partial charge < -0.3 is 5.11 Å². The topological polar surface area (TPSA) is 54.4 Å². The van der Waals surface area contributed by atoms with Crippen LogP contribution in [0.4, 0.5) is 4.39 Å². The summed E-state index contributed by atoms with van der Waals surface area (Å²) in [6, 6.07) is 0. The van der Waals surface area contributed by atoms with Crippen molar-refractivity contribution in [3.8, 4) is 0 Å². The fourth-order valence-electron chi connectivity index (χ4n) is 5.81. The molecule has 5 heteroatoms. The van der Waals surface area contributed by atoms with E-state index in [-0.39, 0.29) is 17.4 Å². The van der Waals surface area contributed by atoms with Crippen molar-refractivity contribution < 1.29 is 17.9 Å². The molecular weight excluding hydrogens is 435 g/mol. The highest BCUT2D eigenvalue weighted by Crippen LogP contribution is 2.57. The van der Waals surface area contributed by atoms with Gasteiger partial charge in [-0.15, -0.1) is 0 Å². The van der Waals surface area contributed by atoms with Crippen LogP contribution in [0.2, 0.25) is 0 Å². The number of hydrogen-bond donors (Lipinski definition) is 1. The fourth-order valence-corrected chi connectivity index (χ4v) is 6.71. The summed E-state index contributed by atoms with van der Waals surface area (Å²) in [7, 11) is -3.94. The zero-order valence-corrected chi connectivity index (χ0v) is 21.8. The standard InChI is InChI=1S/C28H41FO3S/c1-19-9-13-23(30)18-22(19)12-11-21-8-7-17-28(6)24(14-15-25(21)28)20(2)10-16-26(29)33(31,32)27(3,4)5/h11-12,14,16,20,23,25,30H,1,7-10,13,15,17-18H2,2-6H3/b21-11+,22-12-,26-16-/t20-,23-,25+,28-/m1/s1. The first-order chi connectivity index (χ1) is 15.3. The van der Waals surface area contributed by atoms with Crippen LogP contribution < -0.4 is 0 Å². The second-order valence-corrected chi connectivity index (χ2v) is 14.0. The van der Waals surface area contributed by atoms with E-state index < -0.39 is 19.7 Å². The number of allylic oxidation sites excluding steroid dienone is 7. The highest BCUT2D eigenvalue weighted by molar-refractivity contribution is 7.96. The molecule has 0 amide bonds. The molecule has 2 fully saturated rings. The number of aliphatic hydroxyl groups is 1. The zero-order chi connectivity index (χ0) is 24.6. The lowest BCUT2D eigenvalue weighted by atomic mass is 9.62. The van der Waals surface area contributed by atoms with E-state index in [9.17, 15) is 17.9 Å². The molecule has 3 rings (SSSR count). The van der Waals surface area contributed by atoms with E-state index in [1.807, 2.05) is 0 Å². The molecule has 3 aliphatic carbocycles. The van der Waals surface area contributed by atoms with Gasteiger partial charge in [-0.1, -0.05) is 55.4 Å². The van der Waals surface area contributed by atoms with E-state index in [1.54, 1.807) is 0 Å². The van der Waals surface area contributed by atoms with Crippen LogP contribution in [0.3, 0.4) is 0 Å². The van der Waals surface area contributed by atoms with Crippen LogP contribution in [0.1, 0.15) is 86.0 Å². The Kier molecular flexibility index (Phi) is 7.65. The second-order valence-electron chi connectivity index (χ2n) is 11.4. The van der Waals surface area contributed by atoms with Gasteiger partial charge in [-0.25, -0.2) is 8.42 Å². The minimum Gasteiger partial charge on any atom is -0.393 e. The lowest BCUT2D eigenvalue weighted by molar-refractivity contribution is 0.158. The van der Waals surface area contributed by atoms with Gasteiger partial charge in [-0.05, 0) is 101 Å². The highest BCUT2D eigenvalue weighted by Gasteiger charge is 2.46. The maximum absolute atomic E-state index is 14.6. The summed E-state index contributed by atoms with van der Waals surface area (Å²) < 4.78 is 38.2. The minimum absolute atomic E-state index is 0.0261. The van der Waals surface area contributed by atoms with Crippen LogP contribution >= 0.6 is 0 Å². The molecule has 0 spiro atoms. The monoisotopic (exact) mass is 476 g/mol. The number of rotatable bonds is 5. The molecule has 0 aromatic carbocycles. The maximum Gasteiger partial charge on any atom is 0.211 e. The minimum atomic E-state index is -3.94. The van der Waals surface area contributed by atoms with Crippen LogP contribution in [0.5, 0.6) is 0 Å². The SMILES string of the molecule is C=C1CC[C@@H](O)C/C1=C/C=C1\CCC[C@]2(C)C([C@H](C)C/C=C(/F)S(=O)(=O)C(C)(C)C)=CC[C@@H]12. The molecule has 33 heavy (non-hydrogen) atoms. The molecule has 0 unspecified atom stereocenters. The normalized spacial score (nSPS) is 32.8. The van der Waals surface area contributed by atoms with Crippen molar-refractivity contribution >= 4 is 9.84 Å². The van der Waals surface area contributed by atoms with E-state index in [4.69, 9.17) is 0 Å². The Bertz CT molecular complexity index is 1010. The quantitative estimate of drug-likeness (QED) is 0.430. The number of aliphatic hydroxyl groups excluding tert-OH is 1. The zero-order valence-electron chi connectivity index (χ0n) is 21.0. The van der Waals surface area contributed by atoms with Gasteiger partial charge in [-0.2, -0.15) is 4.39 Å². The van der Waals surface area contributed by atoms with E-state index in [1.165, 1.54) is 38.0 Å². The molecule has 2 saturated carbocycles. The molecule has 184 valence electrons. The third-order valence-electron chi connectivity index (χ3n) is 8.02. The van der Waals surface area contributed by atoms with Crippen molar-refractivity contribution in [2.75, 3.05) is 0 Å². The van der Waals surface area contributed by atoms with E-state index >= 15 is 0 Å². The van der Waals surface area contributed by atoms with Crippen molar-refractivity contribution in [1.82, 2.24) is 0 Å². The average molecular weight is 477 g/mol. The molecule has 0 saturated heterocycles. The van der Waals surface area contributed by atoms with Crippen molar-refractivity contribution in [2.24, 2.45) is 17.3 Å². The van der Waals surface area contributed by atoms with Gasteiger partial charge in [0, 0.05) is 0 Å². The average Bonchev–Trinajstić information content (AvgIpc) is 3.09. The van der Waals surface area contributed by atoms with Gasteiger partial charge >= 0.3 is 0 Å². The Morgan fingerprint density at radius 1 is 1.33 bits per heavy atom. The Morgan fingerprint density at radius 3 is 2.70 bits per heavy atom. The van der Waals surface area contributed by atoms with Crippen molar-refractivity contribution in [3.05, 3.63) is 58.3 Å². The predicted molar refractivity (Wildman–Crippen MR) is 135 cm³/mol. The summed E-state index contributed by atoms with van der Waals surface area (Å²) in [4.78, 5) is 0. The van der Waals surface area contributed by atoms with Crippen molar-refractivity contribution in [2.45, 2.75) is 96.8 Å². The molecule has 4 atom stereocenters. The number of hydrogen-bond acceptors (Lipinski definition) is 3. The summed E-state index contributed by atoms with van der Waals surface area (Å²) in [6.07, 6.45) is 14.7. The van der Waals surface area contributed by atoms with Crippen molar-refractivity contribution in [3.63, 3.8) is 0 Å². The molecule has 3 aliphatic rings. The molecule has 0 radical (unpaired) electrons. The fraction of sp³-hybridized carbons (Fsp3) is 0.643. The summed E-state index contributed by atoms with van der Waals surface area (Å²) in [5, 5.41) is 9.02. The van der Waals surface area contributed by atoms with Crippen LogP contribution in [-0.4, -0.2) is 24.4 Å². The van der Waals surface area contributed by atoms with E-state index in [2.05, 4.69) is 38.7 Å². The largest absolute Gasteiger partial charge is 0.393 e. The first-order valence-electron chi connectivity index (χ1n) is 12.3. The second kappa shape index (κ2) is 9.65. The van der Waals surface area contributed by atoms with Crippen molar-refractivity contribution in [1.29, 1.82) is 0 Å². The molecule has 0 aromatic heterocycles. The molecule has 1 N–H and O–H groups in total. The first kappa shape index (κ1) is 26.2. The van der Waals surface area contributed by atoms with Crippen LogP contribution in [-0.2, 0) is 9.84 Å². The van der Waals surface area contributed by atoms with Gasteiger partial charge in [0.2, 0.25) is 15.0 Å². The molecule has 0 aromatic rings. The Labute approximate surface area is 200 Å². The third-order valence-corrected chi connectivity index (χ3v) is 10.3. The van der Waals surface area contributed by atoms with Gasteiger partial charge in [0.1, 0.15) is 0 Å². The maximum atomic E-state index is 14.6. The molecule has 0 bridgehead atoms. The smallest absolute Gasteiger partial charge is 0.211 e. The molecule has 3 nitrogen and oxygen atoms in total. The van der Waals surface area contributed by atoms with Crippen LogP contribution in [0.25, 0.3) is 0 Å². The predicted octanol–water partition coefficient (Wildman–Crippen LogP) is 7.13. The molecule has 0 aliphatic heterocycles. The Hall–Kier alpha value is -1.46. The van der Waals surface area contributed by atoms with Gasteiger partial charge in [0.15, 0.2) is 0 Å². The third kappa shape index (κ3) is 5.30. The van der Waals surface area contributed by atoms with Crippen LogP contribution in [0.15, 0.2) is 58.3 Å². The summed E-state index contributed by atoms with van der Waals surface area (Å²) in [5.74, 6) is 0.515. The highest BCUT2D eigenvalue weighted by atomic mass is 32.2. The number of halogens is 1. The van der Waals surface area contributed by atoms with E-state index in [0.717, 1.165) is 49.7 Å². The van der Waals surface area contributed by atoms with Crippen LogP contribution in [0, 0.1) is 17.3 Å². The first-order valence-corrected chi connectivity index (χ1v) is 13.8. The molecule has 0 heterocycles. The van der Waals surface area contributed by atoms with E-state index in [0.29, 0.717) is 18.8 Å². The Balaban J connectivity index is 1.76. The number of fused-ring (bicyclic) bond motifs is 1. The van der Waals surface area contributed by atoms with Gasteiger partial charge in [0.25, 0.3) is 0 Å². The van der Waals surface area contributed by atoms with Gasteiger partial charge in [0.05, 0.1) is 10.9 Å². The lowest BCUT2D eigenvalue weighted by Crippen LogP contribution is -2.32. The summed E-state index contributed by atoms with van der Waals surface area (Å²) in [6.45, 7) is 13.2. The Morgan fingerprint density at radius 2 is 2.03 bits per heavy atom. The summed E-state index contributed by atoms with van der Waals surface area (Å²) >= 11 is 0. The summed E-state index contributed by atoms with van der Waals surface area (Å²) in [5.41, 5.74) is 5.10. The van der Waals surface area contributed by atoms with Gasteiger partial charge in [-0.3, -0.25) is 0 Å². The lowest BCUT2D eigenvalue weighted by Gasteiger charge is -2.42. The molecular formula is C28H41FO3S. The number of sulfone groups is 1.